The van der Waals surface area contributed by atoms with Gasteiger partial charge in [0.2, 0.25) is 0 Å². The van der Waals surface area contributed by atoms with Crippen molar-refractivity contribution in [2.45, 2.75) is 26.3 Å². The zero-order valence-corrected chi connectivity index (χ0v) is 9.81. The predicted octanol–water partition coefficient (Wildman–Crippen LogP) is 3.03. The third kappa shape index (κ3) is 3.65. The monoisotopic (exact) mass is 206 g/mol. The predicted molar refractivity (Wildman–Crippen MR) is 62.8 cm³/mol. The summed E-state index contributed by atoms with van der Waals surface area (Å²) >= 11 is 0. The maximum absolute atomic E-state index is 4.20. The van der Waals surface area contributed by atoms with E-state index in [1.807, 2.05) is 38.1 Å². The van der Waals surface area contributed by atoms with E-state index in [-0.39, 0.29) is 6.04 Å². The van der Waals surface area contributed by atoms with E-state index in [4.69, 9.17) is 0 Å². The Morgan fingerprint density at radius 1 is 1.40 bits per heavy atom. The van der Waals surface area contributed by atoms with E-state index in [2.05, 4.69) is 22.1 Å². The number of pyridine rings is 1. The lowest BCUT2D eigenvalue weighted by atomic mass is 10.3. The molecule has 0 N–H and O–H groups in total. The Morgan fingerprint density at radius 2 is 2.13 bits per heavy atom. The van der Waals surface area contributed by atoms with Crippen LogP contribution >= 0.6 is 0 Å². The molecule has 1 atom stereocenters. The number of anilines is 1. The van der Waals surface area contributed by atoms with Gasteiger partial charge in [-0.25, -0.2) is 4.98 Å². The van der Waals surface area contributed by atoms with Crippen LogP contribution in [0.15, 0.2) is 28.6 Å². The lowest BCUT2D eigenvalue weighted by Gasteiger charge is -2.10. The largest absolute Gasteiger partial charge is 0.376 e. The van der Waals surface area contributed by atoms with Crippen LogP contribution in [0.1, 0.15) is 20.3 Å². The summed E-state index contributed by atoms with van der Waals surface area (Å²) in [5, 5.41) is 8.21. The number of azo groups is 1. The molecule has 0 aliphatic rings. The Balaban J connectivity index is 2.68. The Bertz CT molecular complexity index is 316. The highest BCUT2D eigenvalue weighted by molar-refractivity contribution is 5.46. The lowest BCUT2D eigenvalue weighted by molar-refractivity contribution is 0.678. The van der Waals surface area contributed by atoms with Gasteiger partial charge in [0, 0.05) is 14.1 Å². The Morgan fingerprint density at radius 3 is 2.60 bits per heavy atom. The zero-order valence-electron chi connectivity index (χ0n) is 9.81. The average molecular weight is 206 g/mol. The minimum Gasteiger partial charge on any atom is -0.376 e. The third-order valence-electron chi connectivity index (χ3n) is 2.20. The summed E-state index contributed by atoms with van der Waals surface area (Å²) < 4.78 is 0. The Kier molecular flexibility index (Phi) is 4.21. The first-order valence-corrected chi connectivity index (χ1v) is 5.17. The van der Waals surface area contributed by atoms with Crippen LogP contribution in [-0.4, -0.2) is 25.1 Å². The second-order valence-electron chi connectivity index (χ2n) is 3.74. The number of aromatic nitrogens is 1. The third-order valence-corrected chi connectivity index (χ3v) is 2.20. The first kappa shape index (κ1) is 11.6. The molecule has 0 aliphatic heterocycles. The van der Waals surface area contributed by atoms with Gasteiger partial charge in [0.1, 0.15) is 0 Å². The highest BCUT2D eigenvalue weighted by Crippen LogP contribution is 2.15. The summed E-state index contributed by atoms with van der Waals surface area (Å²) in [5.41, 5.74) is 1.07. The average Bonchev–Trinajstić information content (AvgIpc) is 2.26. The first-order chi connectivity index (χ1) is 7.13. The second-order valence-corrected chi connectivity index (χ2v) is 3.74. The Labute approximate surface area is 91.0 Å². The quantitative estimate of drug-likeness (QED) is 0.710. The summed E-state index contributed by atoms with van der Waals surface area (Å²) in [7, 11) is 3.97. The molecule has 4 heteroatoms. The van der Waals surface area contributed by atoms with Crippen LogP contribution in [0.5, 0.6) is 0 Å². The summed E-state index contributed by atoms with van der Waals surface area (Å²) in [6.45, 7) is 4.13. The fraction of sp³-hybridized carbons (Fsp3) is 0.545. The molecule has 0 aromatic carbocycles. The summed E-state index contributed by atoms with van der Waals surface area (Å²) in [6.07, 6.45) is 2.80. The van der Waals surface area contributed by atoms with Crippen molar-refractivity contribution in [1.29, 1.82) is 0 Å². The topological polar surface area (TPSA) is 40.9 Å². The summed E-state index contributed by atoms with van der Waals surface area (Å²) in [4.78, 5) is 6.21. The van der Waals surface area contributed by atoms with Crippen molar-refractivity contribution >= 4 is 11.5 Å². The van der Waals surface area contributed by atoms with E-state index in [1.54, 1.807) is 6.20 Å². The van der Waals surface area contributed by atoms with Crippen molar-refractivity contribution in [2.24, 2.45) is 10.2 Å². The molecule has 0 aliphatic carbocycles. The van der Waals surface area contributed by atoms with Gasteiger partial charge in [-0.2, -0.15) is 5.11 Å². The minimum atomic E-state index is 0.264. The van der Waals surface area contributed by atoms with Crippen LogP contribution in [0.2, 0.25) is 0 Å². The molecule has 0 bridgehead atoms. The second kappa shape index (κ2) is 5.44. The van der Waals surface area contributed by atoms with E-state index in [1.165, 1.54) is 0 Å². The maximum atomic E-state index is 4.20. The molecule has 0 saturated carbocycles. The number of rotatable bonds is 4. The van der Waals surface area contributed by atoms with Crippen LogP contribution in [0.25, 0.3) is 0 Å². The van der Waals surface area contributed by atoms with Crippen molar-refractivity contribution in [2.75, 3.05) is 19.0 Å². The fourth-order valence-corrected chi connectivity index (χ4v) is 0.941. The van der Waals surface area contributed by atoms with Crippen molar-refractivity contribution in [3.8, 4) is 0 Å². The van der Waals surface area contributed by atoms with Gasteiger partial charge < -0.3 is 4.90 Å². The maximum Gasteiger partial charge on any atom is 0.174 e. The van der Waals surface area contributed by atoms with E-state index in [0.717, 1.165) is 12.1 Å². The van der Waals surface area contributed by atoms with Gasteiger partial charge in [-0.3, -0.25) is 0 Å². The minimum absolute atomic E-state index is 0.264. The fourth-order valence-electron chi connectivity index (χ4n) is 0.941. The van der Waals surface area contributed by atoms with Crippen molar-refractivity contribution in [1.82, 2.24) is 4.98 Å². The zero-order chi connectivity index (χ0) is 11.3. The molecule has 0 spiro atoms. The molecule has 1 unspecified atom stereocenters. The molecule has 1 aromatic heterocycles. The van der Waals surface area contributed by atoms with E-state index < -0.39 is 0 Å². The molecular weight excluding hydrogens is 188 g/mol. The molecule has 82 valence electrons. The smallest absolute Gasteiger partial charge is 0.174 e. The number of hydrogen-bond donors (Lipinski definition) is 0. The van der Waals surface area contributed by atoms with Crippen LogP contribution in [0.3, 0.4) is 0 Å². The SMILES string of the molecule is CCC(C)N=Nc1ccc(N(C)C)cn1. The van der Waals surface area contributed by atoms with Crippen LogP contribution < -0.4 is 4.90 Å². The molecule has 1 aromatic rings. The van der Waals surface area contributed by atoms with E-state index in [0.29, 0.717) is 5.82 Å². The van der Waals surface area contributed by atoms with Crippen molar-refractivity contribution in [3.05, 3.63) is 18.3 Å². The van der Waals surface area contributed by atoms with Gasteiger partial charge in [0.05, 0.1) is 17.9 Å². The molecule has 0 saturated heterocycles. The molecule has 0 amide bonds. The molecule has 15 heavy (non-hydrogen) atoms. The van der Waals surface area contributed by atoms with Crippen molar-refractivity contribution in [3.63, 3.8) is 0 Å². The van der Waals surface area contributed by atoms with Gasteiger partial charge in [-0.15, -0.1) is 5.11 Å². The van der Waals surface area contributed by atoms with Gasteiger partial charge in [0.25, 0.3) is 0 Å². The molecule has 1 rings (SSSR count). The van der Waals surface area contributed by atoms with E-state index >= 15 is 0 Å². The summed E-state index contributed by atoms with van der Waals surface area (Å²) in [5.74, 6) is 0.668. The highest BCUT2D eigenvalue weighted by Gasteiger charge is 1.97. The molecule has 1 heterocycles. The Hall–Kier alpha value is -1.45. The molecule has 0 fully saturated rings. The van der Waals surface area contributed by atoms with Crippen LogP contribution in [0, 0.1) is 0 Å². The molecule has 0 radical (unpaired) electrons. The summed E-state index contributed by atoms with van der Waals surface area (Å²) in [6, 6.07) is 4.12. The van der Waals surface area contributed by atoms with E-state index in [9.17, 15) is 0 Å². The number of nitrogens with zero attached hydrogens (tertiary/aromatic N) is 4. The highest BCUT2D eigenvalue weighted by atomic mass is 15.2. The molecule has 4 nitrogen and oxygen atoms in total. The van der Waals surface area contributed by atoms with Gasteiger partial charge >= 0.3 is 0 Å². The van der Waals surface area contributed by atoms with Gasteiger partial charge in [-0.1, -0.05) is 6.92 Å². The van der Waals surface area contributed by atoms with Gasteiger partial charge in [-0.05, 0) is 25.5 Å². The lowest BCUT2D eigenvalue weighted by Crippen LogP contribution is -2.08. The standard InChI is InChI=1S/C11H18N4/c1-5-9(2)13-14-11-7-6-10(8-12-11)15(3)4/h6-9H,5H2,1-4H3. The normalized spacial score (nSPS) is 13.1. The number of hydrogen-bond acceptors (Lipinski definition) is 4. The van der Waals surface area contributed by atoms with Gasteiger partial charge in [0.15, 0.2) is 5.82 Å². The molecular formula is C11H18N4. The first-order valence-electron chi connectivity index (χ1n) is 5.17. The van der Waals surface area contributed by atoms with Crippen LogP contribution in [-0.2, 0) is 0 Å². The van der Waals surface area contributed by atoms with Crippen molar-refractivity contribution < 1.29 is 0 Å². The van der Waals surface area contributed by atoms with Crippen LogP contribution in [0.4, 0.5) is 11.5 Å².